The largest absolute Gasteiger partial charge is 0.497 e. The molecule has 8 heteroatoms. The van der Waals surface area contributed by atoms with Crippen LogP contribution in [0.25, 0.3) is 0 Å². The number of fused-ring (bicyclic) bond motifs is 1. The van der Waals surface area contributed by atoms with Crippen LogP contribution in [0.15, 0.2) is 48.5 Å². The Balaban J connectivity index is 1.77. The van der Waals surface area contributed by atoms with Gasteiger partial charge >= 0.3 is 0 Å². The Hall–Kier alpha value is -2.58. The number of carbonyl (C=O) groups excluding carboxylic acids is 1. The van der Waals surface area contributed by atoms with Gasteiger partial charge in [0.1, 0.15) is 17.1 Å². The Kier molecular flexibility index (Phi) is 6.38. The zero-order valence-electron chi connectivity index (χ0n) is 17.7. The van der Waals surface area contributed by atoms with Gasteiger partial charge in [0.2, 0.25) is 15.9 Å². The molecular weight excluding hydrogens is 404 g/mol. The number of amides is 1. The van der Waals surface area contributed by atoms with Crippen molar-refractivity contribution >= 4 is 15.9 Å². The Morgan fingerprint density at radius 2 is 1.93 bits per heavy atom. The molecule has 0 fully saturated rings. The summed E-state index contributed by atoms with van der Waals surface area (Å²) in [7, 11) is -1.98. The van der Waals surface area contributed by atoms with E-state index in [-0.39, 0.29) is 25.0 Å². The minimum absolute atomic E-state index is 0.139. The van der Waals surface area contributed by atoms with E-state index in [1.807, 2.05) is 56.3 Å². The topological polar surface area (TPSA) is 84.9 Å². The Morgan fingerprint density at radius 1 is 1.23 bits per heavy atom. The normalized spacial score (nSPS) is 17.7. The second-order valence-electron chi connectivity index (χ2n) is 8.11. The molecule has 0 aromatic heterocycles. The standard InChI is InChI=1S/C22H28N2O5S/c1-22(2)13-19(18-11-10-17(28-3)12-20(18)29-22)23-21(25)15-24(30(4,26)27)14-16-8-6-5-7-9-16/h5-12,19H,13-15H2,1-4H3,(H,23,25). The molecule has 1 amide bonds. The van der Waals surface area contributed by atoms with E-state index in [0.717, 1.165) is 17.4 Å². The molecule has 0 spiro atoms. The lowest BCUT2D eigenvalue weighted by Gasteiger charge is -2.38. The third-order valence-corrected chi connectivity index (χ3v) is 6.20. The highest BCUT2D eigenvalue weighted by molar-refractivity contribution is 7.88. The molecule has 0 saturated carbocycles. The summed E-state index contributed by atoms with van der Waals surface area (Å²) in [5.74, 6) is 0.962. The van der Waals surface area contributed by atoms with Gasteiger partial charge in [-0.1, -0.05) is 30.3 Å². The second-order valence-corrected chi connectivity index (χ2v) is 10.1. The molecule has 2 aromatic carbocycles. The van der Waals surface area contributed by atoms with Crippen LogP contribution in [0.3, 0.4) is 0 Å². The summed E-state index contributed by atoms with van der Waals surface area (Å²) in [6, 6.07) is 14.4. The van der Waals surface area contributed by atoms with Gasteiger partial charge < -0.3 is 14.8 Å². The molecule has 7 nitrogen and oxygen atoms in total. The Bertz CT molecular complexity index is 1010. The first kappa shape index (κ1) is 22.1. The van der Waals surface area contributed by atoms with Crippen LogP contribution in [-0.2, 0) is 21.4 Å². The molecule has 1 heterocycles. The highest BCUT2D eigenvalue weighted by atomic mass is 32.2. The van der Waals surface area contributed by atoms with E-state index >= 15 is 0 Å². The van der Waals surface area contributed by atoms with Crippen LogP contribution in [0.5, 0.6) is 11.5 Å². The SMILES string of the molecule is COc1ccc2c(c1)OC(C)(C)CC2NC(=O)CN(Cc1ccccc1)S(C)(=O)=O. The first-order valence-electron chi connectivity index (χ1n) is 9.73. The van der Waals surface area contributed by atoms with Crippen LogP contribution in [0.1, 0.15) is 37.4 Å². The van der Waals surface area contributed by atoms with Crippen molar-refractivity contribution < 1.29 is 22.7 Å². The number of ether oxygens (including phenoxy) is 2. The number of carbonyl (C=O) groups is 1. The maximum Gasteiger partial charge on any atom is 0.235 e. The number of benzene rings is 2. The lowest BCUT2D eigenvalue weighted by Crippen LogP contribution is -2.45. The van der Waals surface area contributed by atoms with Gasteiger partial charge in [-0.25, -0.2) is 8.42 Å². The second kappa shape index (κ2) is 8.65. The minimum Gasteiger partial charge on any atom is -0.497 e. The third kappa shape index (κ3) is 5.52. The van der Waals surface area contributed by atoms with Gasteiger partial charge in [0.15, 0.2) is 0 Å². The molecule has 2 aromatic rings. The molecular formula is C22H28N2O5S. The summed E-state index contributed by atoms with van der Waals surface area (Å²) in [6.45, 7) is 3.79. The molecule has 1 aliphatic heterocycles. The maximum absolute atomic E-state index is 12.8. The molecule has 162 valence electrons. The highest BCUT2D eigenvalue weighted by Gasteiger charge is 2.35. The zero-order valence-corrected chi connectivity index (χ0v) is 18.5. The van der Waals surface area contributed by atoms with Crippen LogP contribution in [0.2, 0.25) is 0 Å². The van der Waals surface area contributed by atoms with Gasteiger partial charge in [-0.2, -0.15) is 4.31 Å². The molecule has 1 aliphatic rings. The van der Waals surface area contributed by atoms with Gasteiger partial charge in [0.05, 0.1) is 26.0 Å². The monoisotopic (exact) mass is 432 g/mol. The van der Waals surface area contributed by atoms with Crippen LogP contribution in [0.4, 0.5) is 0 Å². The van der Waals surface area contributed by atoms with Crippen LogP contribution in [-0.4, -0.2) is 44.1 Å². The number of sulfonamides is 1. The minimum atomic E-state index is -3.56. The van der Waals surface area contributed by atoms with E-state index in [1.54, 1.807) is 13.2 Å². The fourth-order valence-electron chi connectivity index (χ4n) is 3.57. The van der Waals surface area contributed by atoms with Crippen LogP contribution < -0.4 is 14.8 Å². The maximum atomic E-state index is 12.8. The number of methoxy groups -OCH3 is 1. The van der Waals surface area contributed by atoms with E-state index in [0.29, 0.717) is 17.9 Å². The van der Waals surface area contributed by atoms with Crippen molar-refractivity contribution in [1.82, 2.24) is 9.62 Å². The molecule has 0 saturated heterocycles. The van der Waals surface area contributed by atoms with E-state index in [4.69, 9.17) is 9.47 Å². The first-order chi connectivity index (χ1) is 14.1. The van der Waals surface area contributed by atoms with Gasteiger partial charge in [-0.3, -0.25) is 4.79 Å². The van der Waals surface area contributed by atoms with Gasteiger partial charge in [-0.05, 0) is 31.5 Å². The predicted molar refractivity (Wildman–Crippen MR) is 115 cm³/mol. The van der Waals surface area contributed by atoms with E-state index in [2.05, 4.69) is 5.32 Å². The first-order valence-corrected chi connectivity index (χ1v) is 11.6. The average Bonchev–Trinajstić information content (AvgIpc) is 2.66. The van der Waals surface area contributed by atoms with Crippen LogP contribution in [0, 0.1) is 0 Å². The number of hydrogen-bond donors (Lipinski definition) is 1. The average molecular weight is 433 g/mol. The highest BCUT2D eigenvalue weighted by Crippen LogP contribution is 2.41. The van der Waals surface area contributed by atoms with Gasteiger partial charge in [0.25, 0.3) is 0 Å². The van der Waals surface area contributed by atoms with Crippen molar-refractivity contribution in [2.75, 3.05) is 19.9 Å². The third-order valence-electron chi connectivity index (χ3n) is 5.00. The molecule has 0 radical (unpaired) electrons. The van der Waals surface area contributed by atoms with Gasteiger partial charge in [-0.15, -0.1) is 0 Å². The molecule has 0 bridgehead atoms. The number of nitrogens with zero attached hydrogens (tertiary/aromatic N) is 1. The van der Waals surface area contributed by atoms with E-state index < -0.39 is 15.6 Å². The number of rotatable bonds is 7. The van der Waals surface area contributed by atoms with Crippen molar-refractivity contribution in [1.29, 1.82) is 0 Å². The molecule has 3 rings (SSSR count). The summed E-state index contributed by atoms with van der Waals surface area (Å²) in [5, 5.41) is 2.99. The molecule has 30 heavy (non-hydrogen) atoms. The van der Waals surface area contributed by atoms with Crippen molar-refractivity contribution in [3.05, 3.63) is 59.7 Å². The number of nitrogens with one attached hydrogen (secondary N) is 1. The van der Waals surface area contributed by atoms with Crippen molar-refractivity contribution in [3.63, 3.8) is 0 Å². The van der Waals surface area contributed by atoms with E-state index in [9.17, 15) is 13.2 Å². The Labute approximate surface area is 178 Å². The van der Waals surface area contributed by atoms with E-state index in [1.165, 1.54) is 4.31 Å². The molecule has 1 unspecified atom stereocenters. The quantitative estimate of drug-likeness (QED) is 0.727. The summed E-state index contributed by atoms with van der Waals surface area (Å²) < 4.78 is 37.0. The van der Waals surface area contributed by atoms with Crippen LogP contribution >= 0.6 is 0 Å². The van der Waals surface area contributed by atoms with Crippen molar-refractivity contribution in [2.24, 2.45) is 0 Å². The Morgan fingerprint density at radius 3 is 2.57 bits per heavy atom. The molecule has 0 aliphatic carbocycles. The van der Waals surface area contributed by atoms with Crippen molar-refractivity contribution in [3.8, 4) is 11.5 Å². The summed E-state index contributed by atoms with van der Waals surface area (Å²) in [6.07, 6.45) is 1.68. The van der Waals surface area contributed by atoms with Crippen molar-refractivity contribution in [2.45, 2.75) is 38.5 Å². The summed E-state index contributed by atoms with van der Waals surface area (Å²) in [5.41, 5.74) is 1.18. The summed E-state index contributed by atoms with van der Waals surface area (Å²) >= 11 is 0. The smallest absolute Gasteiger partial charge is 0.235 e. The fraction of sp³-hybridized carbons (Fsp3) is 0.409. The predicted octanol–water partition coefficient (Wildman–Crippen LogP) is 2.88. The molecule has 1 atom stereocenters. The van der Waals surface area contributed by atoms with Gasteiger partial charge in [0, 0.05) is 24.6 Å². The lowest BCUT2D eigenvalue weighted by atomic mass is 9.89. The fourth-order valence-corrected chi connectivity index (χ4v) is 4.30. The lowest BCUT2D eigenvalue weighted by molar-refractivity contribution is -0.122. The number of hydrogen-bond acceptors (Lipinski definition) is 5. The molecule has 1 N–H and O–H groups in total. The summed E-state index contributed by atoms with van der Waals surface area (Å²) in [4.78, 5) is 12.8. The zero-order chi connectivity index (χ0) is 21.9.